The predicted molar refractivity (Wildman–Crippen MR) is 92.3 cm³/mol. The number of hydrogen-bond donors (Lipinski definition) is 0. The number of methoxy groups -OCH3 is 1. The normalized spacial score (nSPS) is 12.3. The van der Waals surface area contributed by atoms with E-state index in [2.05, 4.69) is 76.6 Å². The maximum Gasteiger partial charge on any atom is 0.119 e. The molecule has 0 saturated carbocycles. The van der Waals surface area contributed by atoms with Gasteiger partial charge in [0, 0.05) is 4.83 Å². The highest BCUT2D eigenvalue weighted by atomic mass is 79.9. The van der Waals surface area contributed by atoms with Crippen molar-refractivity contribution in [1.29, 1.82) is 0 Å². The summed E-state index contributed by atoms with van der Waals surface area (Å²) in [5.74, 6) is 0.898. The summed E-state index contributed by atoms with van der Waals surface area (Å²) in [4.78, 5) is 0.325. The summed E-state index contributed by atoms with van der Waals surface area (Å²) in [6.45, 7) is 0. The molecule has 106 valence electrons. The molecular formula is C19H17BrO. The van der Waals surface area contributed by atoms with E-state index in [0.717, 1.165) is 12.2 Å². The van der Waals surface area contributed by atoms with Gasteiger partial charge in [0.25, 0.3) is 0 Å². The van der Waals surface area contributed by atoms with Crippen molar-refractivity contribution in [2.75, 3.05) is 7.11 Å². The molecule has 3 aromatic rings. The highest BCUT2D eigenvalue weighted by Gasteiger charge is 2.09. The smallest absolute Gasteiger partial charge is 0.119 e. The first kappa shape index (κ1) is 14.2. The predicted octanol–water partition coefficient (Wildman–Crippen LogP) is 5.53. The van der Waals surface area contributed by atoms with Gasteiger partial charge in [-0.05, 0) is 40.5 Å². The van der Waals surface area contributed by atoms with E-state index in [4.69, 9.17) is 4.74 Å². The van der Waals surface area contributed by atoms with Gasteiger partial charge in [0.2, 0.25) is 0 Å². The van der Waals surface area contributed by atoms with Crippen LogP contribution in [0.2, 0.25) is 0 Å². The van der Waals surface area contributed by atoms with Gasteiger partial charge < -0.3 is 4.74 Å². The zero-order valence-corrected chi connectivity index (χ0v) is 13.5. The van der Waals surface area contributed by atoms with Gasteiger partial charge in [-0.25, -0.2) is 0 Å². The average molecular weight is 341 g/mol. The number of ether oxygens (including phenoxy) is 1. The van der Waals surface area contributed by atoms with E-state index < -0.39 is 0 Å². The molecule has 21 heavy (non-hydrogen) atoms. The van der Waals surface area contributed by atoms with Gasteiger partial charge in [-0.15, -0.1) is 0 Å². The highest BCUT2D eigenvalue weighted by Crippen LogP contribution is 2.30. The Balaban J connectivity index is 1.86. The van der Waals surface area contributed by atoms with Crippen LogP contribution in [0.5, 0.6) is 5.75 Å². The molecule has 0 N–H and O–H groups in total. The largest absolute Gasteiger partial charge is 0.497 e. The summed E-state index contributed by atoms with van der Waals surface area (Å²) in [6, 6.07) is 23.3. The Morgan fingerprint density at radius 1 is 0.905 bits per heavy atom. The molecule has 3 aromatic carbocycles. The van der Waals surface area contributed by atoms with Crippen LogP contribution in [0.3, 0.4) is 0 Å². The molecule has 0 saturated heterocycles. The second kappa shape index (κ2) is 6.31. The molecule has 3 rings (SSSR count). The summed E-state index contributed by atoms with van der Waals surface area (Å²) in [5.41, 5.74) is 2.64. The second-order valence-corrected chi connectivity index (χ2v) is 6.24. The van der Waals surface area contributed by atoms with Crippen LogP contribution in [0.1, 0.15) is 16.0 Å². The maximum atomic E-state index is 5.27. The summed E-state index contributed by atoms with van der Waals surface area (Å²) < 4.78 is 5.27. The van der Waals surface area contributed by atoms with Crippen LogP contribution in [-0.4, -0.2) is 7.11 Å². The lowest BCUT2D eigenvalue weighted by molar-refractivity contribution is 0.415. The van der Waals surface area contributed by atoms with Gasteiger partial charge >= 0.3 is 0 Å². The molecule has 0 aromatic heterocycles. The molecule has 1 unspecified atom stereocenters. The average Bonchev–Trinajstić information content (AvgIpc) is 2.54. The van der Waals surface area contributed by atoms with Crippen molar-refractivity contribution in [2.24, 2.45) is 0 Å². The number of hydrogen-bond acceptors (Lipinski definition) is 1. The van der Waals surface area contributed by atoms with E-state index in [9.17, 15) is 0 Å². The molecule has 0 aliphatic carbocycles. The lowest BCUT2D eigenvalue weighted by atomic mass is 10.0. The first-order valence-corrected chi connectivity index (χ1v) is 7.93. The summed E-state index contributed by atoms with van der Waals surface area (Å²) in [5, 5.41) is 2.45. The Labute approximate surface area is 133 Å². The van der Waals surface area contributed by atoms with Crippen LogP contribution in [-0.2, 0) is 6.42 Å². The van der Waals surface area contributed by atoms with Crippen molar-refractivity contribution >= 4 is 26.7 Å². The Morgan fingerprint density at radius 3 is 2.38 bits per heavy atom. The molecule has 0 bridgehead atoms. The van der Waals surface area contributed by atoms with Crippen LogP contribution in [0.4, 0.5) is 0 Å². The minimum Gasteiger partial charge on any atom is -0.497 e. The summed E-state index contributed by atoms with van der Waals surface area (Å²) >= 11 is 3.81. The maximum absolute atomic E-state index is 5.27. The molecule has 0 aliphatic rings. The molecule has 0 heterocycles. The monoisotopic (exact) mass is 340 g/mol. The number of fused-ring (bicyclic) bond motifs is 1. The third-order valence-corrected chi connectivity index (χ3v) is 4.54. The Bertz CT molecular complexity index is 737. The van der Waals surface area contributed by atoms with Gasteiger partial charge in [-0.2, -0.15) is 0 Å². The molecule has 1 atom stereocenters. The molecule has 2 heteroatoms. The van der Waals surface area contributed by atoms with Gasteiger partial charge in [0.05, 0.1) is 7.11 Å². The van der Waals surface area contributed by atoms with Crippen molar-refractivity contribution in [3.8, 4) is 5.75 Å². The molecule has 1 nitrogen and oxygen atoms in total. The fourth-order valence-corrected chi connectivity index (χ4v) is 3.16. The van der Waals surface area contributed by atoms with Crippen LogP contribution in [0, 0.1) is 0 Å². The Morgan fingerprint density at radius 2 is 1.62 bits per heavy atom. The van der Waals surface area contributed by atoms with Crippen LogP contribution in [0.25, 0.3) is 10.8 Å². The van der Waals surface area contributed by atoms with Crippen molar-refractivity contribution in [3.05, 3.63) is 77.9 Å². The van der Waals surface area contributed by atoms with Crippen molar-refractivity contribution in [3.63, 3.8) is 0 Å². The molecular weight excluding hydrogens is 324 g/mol. The third kappa shape index (κ3) is 3.27. The zero-order chi connectivity index (χ0) is 14.7. The van der Waals surface area contributed by atoms with E-state index in [1.165, 1.54) is 21.9 Å². The molecule has 0 fully saturated rings. The topological polar surface area (TPSA) is 9.23 Å². The van der Waals surface area contributed by atoms with Gasteiger partial charge in [-0.1, -0.05) is 70.5 Å². The van der Waals surface area contributed by atoms with Crippen molar-refractivity contribution in [2.45, 2.75) is 11.2 Å². The molecule has 0 radical (unpaired) electrons. The quantitative estimate of drug-likeness (QED) is 0.567. The fraction of sp³-hybridized carbons (Fsp3) is 0.158. The lowest BCUT2D eigenvalue weighted by Crippen LogP contribution is -1.95. The van der Waals surface area contributed by atoms with E-state index in [1.54, 1.807) is 7.11 Å². The standard InChI is InChI=1S/C19H17BrO/c1-21-18-10-9-15-12-17(8-7-16(15)13-18)19(20)11-14-5-3-2-4-6-14/h2-10,12-13,19H,11H2,1H3. The summed E-state index contributed by atoms with van der Waals surface area (Å²) in [7, 11) is 1.70. The van der Waals surface area contributed by atoms with E-state index in [1.807, 2.05) is 6.07 Å². The van der Waals surface area contributed by atoms with E-state index >= 15 is 0 Å². The van der Waals surface area contributed by atoms with Crippen LogP contribution >= 0.6 is 15.9 Å². The van der Waals surface area contributed by atoms with Gasteiger partial charge in [0.1, 0.15) is 5.75 Å². The Kier molecular flexibility index (Phi) is 4.26. The van der Waals surface area contributed by atoms with Crippen LogP contribution < -0.4 is 4.74 Å². The van der Waals surface area contributed by atoms with Crippen LogP contribution in [0.15, 0.2) is 66.7 Å². The third-order valence-electron chi connectivity index (χ3n) is 3.69. The number of rotatable bonds is 4. The minimum absolute atomic E-state index is 0.325. The minimum atomic E-state index is 0.325. The number of halogens is 1. The first-order chi connectivity index (χ1) is 10.3. The van der Waals surface area contributed by atoms with Gasteiger partial charge in [-0.3, -0.25) is 0 Å². The Hall–Kier alpha value is -1.80. The lowest BCUT2D eigenvalue weighted by Gasteiger charge is -2.12. The number of benzene rings is 3. The molecule has 0 spiro atoms. The van der Waals surface area contributed by atoms with Gasteiger partial charge in [0.15, 0.2) is 0 Å². The highest BCUT2D eigenvalue weighted by molar-refractivity contribution is 9.09. The zero-order valence-electron chi connectivity index (χ0n) is 11.9. The SMILES string of the molecule is COc1ccc2cc(C(Br)Cc3ccccc3)ccc2c1. The first-order valence-electron chi connectivity index (χ1n) is 7.02. The van der Waals surface area contributed by atoms with Crippen molar-refractivity contribution < 1.29 is 4.74 Å². The summed E-state index contributed by atoms with van der Waals surface area (Å²) in [6.07, 6.45) is 0.989. The van der Waals surface area contributed by atoms with E-state index in [-0.39, 0.29) is 0 Å². The van der Waals surface area contributed by atoms with Crippen molar-refractivity contribution in [1.82, 2.24) is 0 Å². The molecule has 0 aliphatic heterocycles. The number of alkyl halides is 1. The second-order valence-electron chi connectivity index (χ2n) is 5.13. The fourth-order valence-electron chi connectivity index (χ4n) is 2.50. The van der Waals surface area contributed by atoms with E-state index in [0.29, 0.717) is 4.83 Å². The molecule has 0 amide bonds.